The van der Waals surface area contributed by atoms with Gasteiger partial charge in [-0.05, 0) is 50.7 Å². The van der Waals surface area contributed by atoms with Gasteiger partial charge in [0.25, 0.3) is 0 Å². The first-order valence-corrected chi connectivity index (χ1v) is 10.7. The first-order chi connectivity index (χ1) is 14.3. The number of H-pyrrole nitrogens is 1. The lowest BCUT2D eigenvalue weighted by molar-refractivity contribution is 0.107. The predicted molar refractivity (Wildman–Crippen MR) is 114 cm³/mol. The summed E-state index contributed by atoms with van der Waals surface area (Å²) in [7, 11) is 0. The SMILES string of the molecule is O=c1[nH]c2ccccc2n1C1CCN([C@H]2CC[C@@H](Nc3cncnc3)CC2)CC1. The second-order valence-electron chi connectivity index (χ2n) is 8.36. The number of aromatic nitrogens is 4. The maximum Gasteiger partial charge on any atom is 0.326 e. The summed E-state index contributed by atoms with van der Waals surface area (Å²) in [4.78, 5) is 26.3. The fourth-order valence-electron chi connectivity index (χ4n) is 5.14. The molecule has 3 heterocycles. The summed E-state index contributed by atoms with van der Waals surface area (Å²) in [6.07, 6.45) is 12.2. The molecule has 2 aliphatic rings. The molecule has 1 aromatic carbocycles. The van der Waals surface area contributed by atoms with Gasteiger partial charge in [0, 0.05) is 31.2 Å². The third-order valence-electron chi connectivity index (χ3n) is 6.63. The summed E-state index contributed by atoms with van der Waals surface area (Å²) in [5.74, 6) is 0. The van der Waals surface area contributed by atoms with Gasteiger partial charge >= 0.3 is 5.69 Å². The Bertz CT molecular complexity index is 997. The number of nitrogens with zero attached hydrogens (tertiary/aromatic N) is 4. The Hall–Kier alpha value is -2.67. The van der Waals surface area contributed by atoms with Gasteiger partial charge < -0.3 is 15.2 Å². The average molecular weight is 393 g/mol. The number of aromatic amines is 1. The maximum absolute atomic E-state index is 12.5. The van der Waals surface area contributed by atoms with Gasteiger partial charge in [0.15, 0.2) is 0 Å². The molecule has 1 aliphatic heterocycles. The Labute approximate surface area is 170 Å². The molecule has 0 unspecified atom stereocenters. The molecule has 0 spiro atoms. The third-order valence-corrected chi connectivity index (χ3v) is 6.63. The molecule has 0 amide bonds. The molecule has 0 atom stereocenters. The van der Waals surface area contributed by atoms with Gasteiger partial charge in [0.2, 0.25) is 0 Å². The van der Waals surface area contributed by atoms with Crippen LogP contribution in [0.5, 0.6) is 0 Å². The molecular formula is C22H28N6O. The van der Waals surface area contributed by atoms with Crippen LogP contribution >= 0.6 is 0 Å². The van der Waals surface area contributed by atoms with Crippen LogP contribution in [0.2, 0.25) is 0 Å². The normalized spacial score (nSPS) is 24.0. The van der Waals surface area contributed by atoms with Gasteiger partial charge in [-0.25, -0.2) is 14.8 Å². The standard InChI is InChI=1S/C22H28N6O/c29-22-26-20-3-1-2-4-21(20)28(22)19-9-11-27(12-10-19)18-7-5-16(6-8-18)25-17-13-23-15-24-14-17/h1-4,13-16,18-19,25H,5-12H2,(H,26,29)/t16-,18+. The van der Waals surface area contributed by atoms with E-state index in [4.69, 9.17) is 0 Å². The minimum absolute atomic E-state index is 0.0288. The van der Waals surface area contributed by atoms with E-state index >= 15 is 0 Å². The average Bonchev–Trinajstić information content (AvgIpc) is 3.11. The third kappa shape index (κ3) is 3.79. The van der Waals surface area contributed by atoms with Crippen molar-refractivity contribution in [2.24, 2.45) is 0 Å². The monoisotopic (exact) mass is 392 g/mol. The molecule has 7 heteroatoms. The molecule has 2 fully saturated rings. The molecular weight excluding hydrogens is 364 g/mol. The van der Waals surface area contributed by atoms with E-state index in [2.05, 4.69) is 25.2 Å². The van der Waals surface area contributed by atoms with E-state index in [1.165, 1.54) is 25.7 Å². The van der Waals surface area contributed by atoms with Crippen LogP contribution in [0.4, 0.5) is 5.69 Å². The highest BCUT2D eigenvalue weighted by Crippen LogP contribution is 2.31. The summed E-state index contributed by atoms with van der Waals surface area (Å²) in [5.41, 5.74) is 3.02. The Morgan fingerprint density at radius 1 is 0.931 bits per heavy atom. The Morgan fingerprint density at radius 3 is 2.41 bits per heavy atom. The number of anilines is 1. The van der Waals surface area contributed by atoms with E-state index < -0.39 is 0 Å². The van der Waals surface area contributed by atoms with Crippen molar-refractivity contribution in [2.75, 3.05) is 18.4 Å². The quantitative estimate of drug-likeness (QED) is 0.713. The molecule has 29 heavy (non-hydrogen) atoms. The number of imidazole rings is 1. The van der Waals surface area contributed by atoms with E-state index in [-0.39, 0.29) is 5.69 Å². The lowest BCUT2D eigenvalue weighted by atomic mass is 9.88. The fraction of sp³-hybridized carbons (Fsp3) is 0.500. The van der Waals surface area contributed by atoms with E-state index in [1.807, 2.05) is 41.2 Å². The summed E-state index contributed by atoms with van der Waals surface area (Å²) in [6, 6.07) is 9.49. The van der Waals surface area contributed by atoms with Gasteiger partial charge in [-0.15, -0.1) is 0 Å². The van der Waals surface area contributed by atoms with Crippen molar-refractivity contribution in [3.05, 3.63) is 53.5 Å². The highest BCUT2D eigenvalue weighted by atomic mass is 16.1. The number of para-hydroxylation sites is 2. The summed E-state index contributed by atoms with van der Waals surface area (Å²) in [6.45, 7) is 2.15. The molecule has 1 saturated heterocycles. The van der Waals surface area contributed by atoms with E-state index in [9.17, 15) is 4.79 Å². The van der Waals surface area contributed by atoms with Crippen molar-refractivity contribution >= 4 is 16.7 Å². The maximum atomic E-state index is 12.5. The topological polar surface area (TPSA) is 78.8 Å². The molecule has 5 rings (SSSR count). The largest absolute Gasteiger partial charge is 0.380 e. The van der Waals surface area contributed by atoms with Crippen molar-refractivity contribution < 1.29 is 0 Å². The second kappa shape index (κ2) is 7.99. The lowest BCUT2D eigenvalue weighted by Gasteiger charge is -2.41. The minimum Gasteiger partial charge on any atom is -0.380 e. The smallest absolute Gasteiger partial charge is 0.326 e. The van der Waals surface area contributed by atoms with E-state index in [0.29, 0.717) is 18.1 Å². The highest BCUT2D eigenvalue weighted by Gasteiger charge is 2.30. The molecule has 2 aromatic heterocycles. The molecule has 1 saturated carbocycles. The van der Waals surface area contributed by atoms with Crippen molar-refractivity contribution in [1.29, 1.82) is 0 Å². The Balaban J connectivity index is 1.16. The van der Waals surface area contributed by atoms with Crippen LogP contribution in [0.1, 0.15) is 44.6 Å². The fourth-order valence-corrected chi connectivity index (χ4v) is 5.14. The molecule has 1 aliphatic carbocycles. The second-order valence-corrected chi connectivity index (χ2v) is 8.36. The first-order valence-electron chi connectivity index (χ1n) is 10.7. The van der Waals surface area contributed by atoms with Crippen molar-refractivity contribution in [1.82, 2.24) is 24.4 Å². The van der Waals surface area contributed by atoms with Crippen molar-refractivity contribution in [3.8, 4) is 0 Å². The summed E-state index contributed by atoms with van der Waals surface area (Å²) >= 11 is 0. The molecule has 2 N–H and O–H groups in total. The molecule has 3 aromatic rings. The molecule has 0 radical (unpaired) electrons. The van der Waals surface area contributed by atoms with Crippen LogP contribution in [0.25, 0.3) is 11.0 Å². The first kappa shape index (κ1) is 18.4. The highest BCUT2D eigenvalue weighted by molar-refractivity contribution is 5.75. The molecule has 152 valence electrons. The number of hydrogen-bond donors (Lipinski definition) is 2. The van der Waals surface area contributed by atoms with Crippen molar-refractivity contribution in [3.63, 3.8) is 0 Å². The Kier molecular flexibility index (Phi) is 5.06. The van der Waals surface area contributed by atoms with E-state index in [1.54, 1.807) is 6.33 Å². The van der Waals surface area contributed by atoms with Crippen LogP contribution in [0, 0.1) is 0 Å². The number of benzene rings is 1. The Morgan fingerprint density at radius 2 is 1.66 bits per heavy atom. The molecule has 7 nitrogen and oxygen atoms in total. The van der Waals surface area contributed by atoms with E-state index in [0.717, 1.165) is 42.7 Å². The zero-order chi connectivity index (χ0) is 19.6. The number of rotatable bonds is 4. The minimum atomic E-state index is 0.0288. The van der Waals surface area contributed by atoms with Gasteiger partial charge in [0.05, 0.1) is 29.1 Å². The molecule has 0 bridgehead atoms. The van der Waals surface area contributed by atoms with Gasteiger partial charge in [-0.3, -0.25) is 4.57 Å². The zero-order valence-electron chi connectivity index (χ0n) is 16.6. The van der Waals surface area contributed by atoms with Gasteiger partial charge in [-0.1, -0.05) is 12.1 Å². The van der Waals surface area contributed by atoms with Crippen LogP contribution in [0.15, 0.2) is 47.8 Å². The lowest BCUT2D eigenvalue weighted by Crippen LogP contribution is -2.45. The predicted octanol–water partition coefficient (Wildman–Crippen LogP) is 3.18. The summed E-state index contributed by atoms with van der Waals surface area (Å²) < 4.78 is 1.98. The van der Waals surface area contributed by atoms with Crippen LogP contribution in [0.3, 0.4) is 0 Å². The number of likely N-dealkylation sites (tertiary alicyclic amines) is 1. The number of hydrogen-bond acceptors (Lipinski definition) is 5. The number of piperidine rings is 1. The van der Waals surface area contributed by atoms with Gasteiger partial charge in [-0.2, -0.15) is 0 Å². The van der Waals surface area contributed by atoms with Crippen LogP contribution < -0.4 is 11.0 Å². The zero-order valence-corrected chi connectivity index (χ0v) is 16.6. The summed E-state index contributed by atoms with van der Waals surface area (Å²) in [5, 5.41) is 3.57. The van der Waals surface area contributed by atoms with Crippen LogP contribution in [-0.4, -0.2) is 49.6 Å². The van der Waals surface area contributed by atoms with Crippen LogP contribution in [-0.2, 0) is 0 Å². The number of fused-ring (bicyclic) bond motifs is 1. The van der Waals surface area contributed by atoms with Crippen molar-refractivity contribution in [2.45, 2.75) is 56.7 Å². The number of nitrogens with one attached hydrogen (secondary N) is 2. The van der Waals surface area contributed by atoms with Gasteiger partial charge in [0.1, 0.15) is 6.33 Å².